The third-order valence-electron chi connectivity index (χ3n) is 4.08. The van der Waals surface area contributed by atoms with Gasteiger partial charge in [-0.15, -0.1) is 0 Å². The van der Waals surface area contributed by atoms with Crippen LogP contribution in [0.25, 0.3) is 0 Å². The molecule has 4 nitrogen and oxygen atoms in total. The van der Waals surface area contributed by atoms with Crippen molar-refractivity contribution in [1.82, 2.24) is 4.31 Å². The summed E-state index contributed by atoms with van der Waals surface area (Å²) >= 11 is 0. The average Bonchev–Trinajstić information content (AvgIpc) is 2.38. The van der Waals surface area contributed by atoms with Crippen LogP contribution in [-0.4, -0.2) is 44.3 Å². The first-order chi connectivity index (χ1) is 8.63. The van der Waals surface area contributed by atoms with Gasteiger partial charge in [-0.3, -0.25) is 0 Å². The smallest absolute Gasteiger partial charge is 0.214 e. The van der Waals surface area contributed by atoms with Gasteiger partial charge in [-0.2, -0.15) is 0 Å². The molecule has 2 unspecified atom stereocenters. The minimum absolute atomic E-state index is 0.306. The molecule has 18 heavy (non-hydrogen) atoms. The first-order valence-electron chi connectivity index (χ1n) is 7.23. The molecule has 0 radical (unpaired) electrons. The molecule has 106 valence electrons. The van der Waals surface area contributed by atoms with Gasteiger partial charge in [0.05, 0.1) is 11.9 Å². The zero-order chi connectivity index (χ0) is 13.0. The number of fused-ring (bicyclic) bond motifs is 1. The van der Waals surface area contributed by atoms with Crippen molar-refractivity contribution in [1.29, 1.82) is 0 Å². The average molecular weight is 275 g/mol. The standard InChI is InChI=1S/C13H25NO3S/c1-2-3-4-10-18(15,16)14-8-7-13-12(11-14)6-5-9-17-13/h12-13H,2-11H2,1H3. The number of rotatable bonds is 5. The molecule has 0 aromatic rings. The van der Waals surface area contributed by atoms with Crippen LogP contribution in [-0.2, 0) is 14.8 Å². The van der Waals surface area contributed by atoms with Crippen molar-refractivity contribution < 1.29 is 13.2 Å². The Hall–Kier alpha value is -0.130. The van der Waals surface area contributed by atoms with Crippen molar-refractivity contribution in [2.75, 3.05) is 25.4 Å². The molecule has 2 heterocycles. The van der Waals surface area contributed by atoms with E-state index in [4.69, 9.17) is 4.74 Å². The number of sulfonamides is 1. The molecule has 0 saturated carbocycles. The number of ether oxygens (including phenoxy) is 1. The molecule has 0 aromatic heterocycles. The Morgan fingerprint density at radius 3 is 2.89 bits per heavy atom. The van der Waals surface area contributed by atoms with Crippen LogP contribution < -0.4 is 0 Å². The second-order valence-corrected chi connectivity index (χ2v) is 7.57. The van der Waals surface area contributed by atoms with E-state index in [-0.39, 0.29) is 0 Å². The molecule has 2 saturated heterocycles. The van der Waals surface area contributed by atoms with E-state index < -0.39 is 10.0 Å². The van der Waals surface area contributed by atoms with Gasteiger partial charge in [-0.05, 0) is 31.6 Å². The molecule has 2 fully saturated rings. The zero-order valence-corrected chi connectivity index (χ0v) is 12.1. The highest BCUT2D eigenvalue weighted by Crippen LogP contribution is 2.29. The second kappa shape index (κ2) is 6.35. The van der Waals surface area contributed by atoms with Crippen LogP contribution in [0, 0.1) is 5.92 Å². The molecule has 0 bridgehead atoms. The zero-order valence-electron chi connectivity index (χ0n) is 11.3. The number of unbranched alkanes of at least 4 members (excludes halogenated alkanes) is 2. The molecule has 2 aliphatic rings. The Morgan fingerprint density at radius 2 is 2.11 bits per heavy atom. The van der Waals surface area contributed by atoms with Crippen LogP contribution in [0.3, 0.4) is 0 Å². The van der Waals surface area contributed by atoms with Crippen molar-refractivity contribution >= 4 is 10.0 Å². The van der Waals surface area contributed by atoms with E-state index in [1.807, 2.05) is 0 Å². The Balaban J connectivity index is 1.89. The van der Waals surface area contributed by atoms with Gasteiger partial charge >= 0.3 is 0 Å². The van der Waals surface area contributed by atoms with Crippen molar-refractivity contribution in [2.24, 2.45) is 5.92 Å². The van der Waals surface area contributed by atoms with Crippen LogP contribution in [0.15, 0.2) is 0 Å². The summed E-state index contributed by atoms with van der Waals surface area (Å²) in [5, 5.41) is 0. The van der Waals surface area contributed by atoms with E-state index >= 15 is 0 Å². The van der Waals surface area contributed by atoms with Crippen molar-refractivity contribution in [3.8, 4) is 0 Å². The fraction of sp³-hybridized carbons (Fsp3) is 1.00. The van der Waals surface area contributed by atoms with E-state index in [0.29, 0.717) is 30.9 Å². The van der Waals surface area contributed by atoms with Gasteiger partial charge in [0.15, 0.2) is 0 Å². The lowest BCUT2D eigenvalue weighted by Crippen LogP contribution is -2.48. The van der Waals surface area contributed by atoms with E-state index in [1.165, 1.54) is 0 Å². The highest BCUT2D eigenvalue weighted by atomic mass is 32.2. The molecule has 0 aromatic carbocycles. The van der Waals surface area contributed by atoms with Crippen LogP contribution in [0.5, 0.6) is 0 Å². The summed E-state index contributed by atoms with van der Waals surface area (Å²) in [6.45, 7) is 4.27. The number of hydrogen-bond donors (Lipinski definition) is 0. The maximum absolute atomic E-state index is 12.2. The fourth-order valence-corrected chi connectivity index (χ4v) is 4.60. The molecule has 0 amide bonds. The van der Waals surface area contributed by atoms with E-state index in [0.717, 1.165) is 45.1 Å². The lowest BCUT2D eigenvalue weighted by molar-refractivity contribution is -0.0534. The number of hydrogen-bond acceptors (Lipinski definition) is 3. The van der Waals surface area contributed by atoms with Gasteiger partial charge in [0.1, 0.15) is 0 Å². The summed E-state index contributed by atoms with van der Waals surface area (Å²) in [5.74, 6) is 0.743. The minimum Gasteiger partial charge on any atom is -0.378 e. The Labute approximate surface area is 111 Å². The van der Waals surface area contributed by atoms with E-state index in [1.54, 1.807) is 4.31 Å². The summed E-state index contributed by atoms with van der Waals surface area (Å²) in [7, 11) is -3.03. The SMILES string of the molecule is CCCCCS(=O)(=O)N1CCC2OCCCC2C1. The summed E-state index contributed by atoms with van der Waals surface area (Å²) in [6, 6.07) is 0. The second-order valence-electron chi connectivity index (χ2n) is 5.48. The third kappa shape index (κ3) is 3.45. The van der Waals surface area contributed by atoms with Gasteiger partial charge in [0.25, 0.3) is 0 Å². The summed E-state index contributed by atoms with van der Waals surface area (Å²) in [6.07, 6.45) is 6.23. The number of piperidine rings is 1. The lowest BCUT2D eigenvalue weighted by Gasteiger charge is -2.40. The normalized spacial score (nSPS) is 30.1. The minimum atomic E-state index is -3.03. The van der Waals surface area contributed by atoms with E-state index in [9.17, 15) is 8.42 Å². The summed E-state index contributed by atoms with van der Waals surface area (Å²) < 4.78 is 31.9. The van der Waals surface area contributed by atoms with Crippen LogP contribution in [0.2, 0.25) is 0 Å². The number of nitrogens with zero attached hydrogens (tertiary/aromatic N) is 1. The summed E-state index contributed by atoms with van der Waals surface area (Å²) in [4.78, 5) is 0. The van der Waals surface area contributed by atoms with Gasteiger partial charge in [-0.25, -0.2) is 12.7 Å². The first-order valence-corrected chi connectivity index (χ1v) is 8.84. The van der Waals surface area contributed by atoms with Gasteiger partial charge < -0.3 is 4.74 Å². The summed E-state index contributed by atoms with van der Waals surface area (Å²) in [5.41, 5.74) is 0. The van der Waals surface area contributed by atoms with Crippen molar-refractivity contribution in [2.45, 2.75) is 51.6 Å². The predicted octanol–water partition coefficient (Wildman–Crippen LogP) is 2.01. The molecule has 0 aliphatic carbocycles. The predicted molar refractivity (Wildman–Crippen MR) is 72.0 cm³/mol. The van der Waals surface area contributed by atoms with Gasteiger partial charge in [0.2, 0.25) is 10.0 Å². The Morgan fingerprint density at radius 1 is 1.28 bits per heavy atom. The topological polar surface area (TPSA) is 46.6 Å². The van der Waals surface area contributed by atoms with Gasteiger partial charge in [-0.1, -0.05) is 19.8 Å². The molecule has 5 heteroatoms. The van der Waals surface area contributed by atoms with E-state index in [2.05, 4.69) is 6.92 Å². The first kappa shape index (κ1) is 14.3. The molecular formula is C13H25NO3S. The quantitative estimate of drug-likeness (QED) is 0.721. The van der Waals surface area contributed by atoms with Crippen molar-refractivity contribution in [3.05, 3.63) is 0 Å². The molecule has 2 aliphatic heterocycles. The largest absolute Gasteiger partial charge is 0.378 e. The highest BCUT2D eigenvalue weighted by molar-refractivity contribution is 7.89. The van der Waals surface area contributed by atoms with Crippen LogP contribution in [0.4, 0.5) is 0 Å². The molecule has 2 rings (SSSR count). The fourth-order valence-electron chi connectivity index (χ4n) is 2.97. The maximum atomic E-state index is 12.2. The lowest BCUT2D eigenvalue weighted by atomic mass is 9.90. The maximum Gasteiger partial charge on any atom is 0.214 e. The third-order valence-corrected chi connectivity index (χ3v) is 6.00. The van der Waals surface area contributed by atoms with Gasteiger partial charge in [0, 0.05) is 19.7 Å². The monoisotopic (exact) mass is 275 g/mol. The molecular weight excluding hydrogens is 250 g/mol. The molecule has 0 N–H and O–H groups in total. The molecule has 2 atom stereocenters. The van der Waals surface area contributed by atoms with Crippen LogP contribution in [0.1, 0.15) is 45.4 Å². The highest BCUT2D eigenvalue weighted by Gasteiger charge is 2.36. The Bertz CT molecular complexity index is 355. The van der Waals surface area contributed by atoms with Crippen molar-refractivity contribution in [3.63, 3.8) is 0 Å². The van der Waals surface area contributed by atoms with Crippen LogP contribution >= 0.6 is 0 Å². The Kier molecular flexibility index (Phi) is 5.04. The molecule has 0 spiro atoms.